The first-order valence-electron chi connectivity index (χ1n) is 12.1. The Hall–Kier alpha value is -4.11. The Morgan fingerprint density at radius 2 is 1.39 bits per heavy atom. The maximum Gasteiger partial charge on any atom is 0.416 e. The van der Waals surface area contributed by atoms with Crippen molar-refractivity contribution in [3.8, 4) is 0 Å². The minimum absolute atomic E-state index is 0.0759. The van der Waals surface area contributed by atoms with Crippen LogP contribution in [0.3, 0.4) is 0 Å². The van der Waals surface area contributed by atoms with E-state index in [-0.39, 0.29) is 16.8 Å². The number of imide groups is 1. The molecule has 3 aliphatic rings. The molecule has 3 aromatic rings. The third-order valence-electron chi connectivity index (χ3n) is 7.69. The van der Waals surface area contributed by atoms with E-state index in [0.717, 1.165) is 41.1 Å². The van der Waals surface area contributed by atoms with Crippen molar-refractivity contribution in [1.29, 1.82) is 0 Å². The normalized spacial score (nSPS) is 23.9. The standard InChI is InChI=1S/C29H20F3NO5/c1-2-15-7-9-16(10-8-15)23-21-22(28(38-23)24(34)19-5-3-4-6-20(19)25(28)35)27(37)33(26(21)36)18-13-11-17(12-14-18)29(30,31)32/h3-14,21-23H,2H2,1H3/t21-,22-,23-/m0/s1. The number of amides is 2. The molecule has 1 aliphatic carbocycles. The van der Waals surface area contributed by atoms with E-state index in [9.17, 15) is 32.3 Å². The average Bonchev–Trinajstić information content (AvgIpc) is 3.48. The predicted octanol–water partition coefficient (Wildman–Crippen LogP) is 4.96. The highest BCUT2D eigenvalue weighted by Gasteiger charge is 2.74. The number of alkyl halides is 3. The number of ether oxygens (including phenoxy) is 1. The zero-order chi connectivity index (χ0) is 27.0. The van der Waals surface area contributed by atoms with Gasteiger partial charge in [0.05, 0.1) is 29.2 Å². The number of carbonyl (C=O) groups is 4. The summed E-state index contributed by atoms with van der Waals surface area (Å²) in [5, 5.41) is 0. The second-order valence-corrected chi connectivity index (χ2v) is 9.63. The molecule has 0 saturated carbocycles. The maximum absolute atomic E-state index is 13.9. The smallest absolute Gasteiger partial charge is 0.349 e. The molecule has 2 fully saturated rings. The molecule has 3 atom stereocenters. The maximum atomic E-state index is 13.9. The molecule has 2 heterocycles. The van der Waals surface area contributed by atoms with E-state index in [1.54, 1.807) is 24.3 Å². The van der Waals surface area contributed by atoms with Gasteiger partial charge >= 0.3 is 6.18 Å². The fourth-order valence-electron chi connectivity index (χ4n) is 5.82. The van der Waals surface area contributed by atoms with Gasteiger partial charge in [-0.25, -0.2) is 4.90 Å². The van der Waals surface area contributed by atoms with Crippen LogP contribution in [-0.4, -0.2) is 29.0 Å². The highest BCUT2D eigenvalue weighted by molar-refractivity contribution is 6.37. The molecule has 0 bridgehead atoms. The molecule has 2 aliphatic heterocycles. The van der Waals surface area contributed by atoms with Gasteiger partial charge in [0.1, 0.15) is 0 Å². The minimum atomic E-state index is -4.60. The lowest BCUT2D eigenvalue weighted by molar-refractivity contribution is -0.137. The van der Waals surface area contributed by atoms with Gasteiger partial charge < -0.3 is 4.74 Å². The molecule has 0 aromatic heterocycles. The summed E-state index contributed by atoms with van der Waals surface area (Å²) in [5.74, 6) is -5.69. The molecule has 0 unspecified atom stereocenters. The third kappa shape index (κ3) is 3.18. The topological polar surface area (TPSA) is 80.8 Å². The van der Waals surface area contributed by atoms with Crippen molar-refractivity contribution < 1.29 is 37.1 Å². The number of carbonyl (C=O) groups excluding carboxylic acids is 4. The molecule has 3 aromatic carbocycles. The third-order valence-corrected chi connectivity index (χ3v) is 7.69. The van der Waals surface area contributed by atoms with Crippen LogP contribution in [0.2, 0.25) is 0 Å². The van der Waals surface area contributed by atoms with Gasteiger partial charge in [-0.1, -0.05) is 55.5 Å². The van der Waals surface area contributed by atoms with Crippen LogP contribution in [0.25, 0.3) is 0 Å². The van der Waals surface area contributed by atoms with E-state index in [0.29, 0.717) is 5.56 Å². The number of aryl methyl sites for hydroxylation is 1. The van der Waals surface area contributed by atoms with Gasteiger partial charge in [-0.05, 0) is 41.8 Å². The Balaban J connectivity index is 1.49. The Morgan fingerprint density at radius 3 is 1.92 bits per heavy atom. The lowest BCUT2D eigenvalue weighted by Gasteiger charge is -2.27. The zero-order valence-corrected chi connectivity index (χ0v) is 20.0. The molecule has 9 heteroatoms. The highest BCUT2D eigenvalue weighted by atomic mass is 19.4. The number of rotatable bonds is 3. The van der Waals surface area contributed by atoms with E-state index < -0.39 is 58.7 Å². The monoisotopic (exact) mass is 519 g/mol. The Kier molecular flexibility index (Phi) is 5.23. The number of hydrogen-bond donors (Lipinski definition) is 0. The molecule has 1 spiro atoms. The molecule has 38 heavy (non-hydrogen) atoms. The van der Waals surface area contributed by atoms with Gasteiger partial charge in [-0.15, -0.1) is 0 Å². The van der Waals surface area contributed by atoms with Crippen molar-refractivity contribution in [1.82, 2.24) is 0 Å². The summed E-state index contributed by atoms with van der Waals surface area (Å²) in [6.45, 7) is 1.97. The summed E-state index contributed by atoms with van der Waals surface area (Å²) in [6.07, 6.45) is -4.94. The van der Waals surface area contributed by atoms with Crippen LogP contribution in [0.1, 0.15) is 50.4 Å². The van der Waals surface area contributed by atoms with Gasteiger partial charge in [0.25, 0.3) is 0 Å². The first kappa shape index (κ1) is 24.2. The number of ketones is 2. The summed E-state index contributed by atoms with van der Waals surface area (Å²) in [7, 11) is 0. The number of benzene rings is 3. The molecule has 2 amide bonds. The van der Waals surface area contributed by atoms with E-state index in [1.807, 2.05) is 19.1 Å². The van der Waals surface area contributed by atoms with Crippen LogP contribution in [0.5, 0.6) is 0 Å². The molecule has 192 valence electrons. The number of anilines is 1. The first-order chi connectivity index (χ1) is 18.1. The van der Waals surface area contributed by atoms with Crippen molar-refractivity contribution >= 4 is 29.1 Å². The van der Waals surface area contributed by atoms with E-state index in [2.05, 4.69) is 0 Å². The number of fused-ring (bicyclic) bond motifs is 3. The van der Waals surface area contributed by atoms with Gasteiger partial charge in [0.2, 0.25) is 29.0 Å². The van der Waals surface area contributed by atoms with Crippen molar-refractivity contribution in [2.24, 2.45) is 11.8 Å². The van der Waals surface area contributed by atoms with Crippen molar-refractivity contribution in [3.05, 3.63) is 101 Å². The zero-order valence-electron chi connectivity index (χ0n) is 20.0. The Morgan fingerprint density at radius 1 is 0.816 bits per heavy atom. The summed E-state index contributed by atoms with van der Waals surface area (Å²) >= 11 is 0. The molecule has 0 N–H and O–H groups in total. The van der Waals surface area contributed by atoms with Gasteiger partial charge in [0, 0.05) is 11.1 Å². The SMILES string of the molecule is CCc1ccc([C@@H]2OC3(C(=O)c4ccccc4C3=O)[C@@H]3C(=O)N(c4ccc(C(F)(F)F)cc4)C(=O)[C@@H]32)cc1. The van der Waals surface area contributed by atoms with E-state index in [1.165, 1.54) is 12.1 Å². The van der Waals surface area contributed by atoms with Crippen LogP contribution in [-0.2, 0) is 26.9 Å². The second kappa shape index (κ2) is 8.19. The van der Waals surface area contributed by atoms with Gasteiger partial charge in [0.15, 0.2) is 0 Å². The number of halogens is 3. The fourth-order valence-corrected chi connectivity index (χ4v) is 5.82. The summed E-state index contributed by atoms with van der Waals surface area (Å²) in [4.78, 5) is 55.9. The first-order valence-corrected chi connectivity index (χ1v) is 12.1. The molecule has 2 saturated heterocycles. The molecule has 6 nitrogen and oxygen atoms in total. The van der Waals surface area contributed by atoms with Gasteiger partial charge in [-0.2, -0.15) is 13.2 Å². The van der Waals surface area contributed by atoms with Gasteiger partial charge in [-0.3, -0.25) is 19.2 Å². The Bertz CT molecular complexity index is 1480. The lowest BCUT2D eigenvalue weighted by atomic mass is 9.77. The largest absolute Gasteiger partial charge is 0.416 e. The molecule has 6 rings (SSSR count). The van der Waals surface area contributed by atoms with Crippen LogP contribution >= 0.6 is 0 Å². The average molecular weight is 519 g/mol. The van der Waals surface area contributed by atoms with Crippen LogP contribution in [0.4, 0.5) is 18.9 Å². The lowest BCUT2D eigenvalue weighted by Crippen LogP contribution is -2.51. The van der Waals surface area contributed by atoms with Crippen molar-refractivity contribution in [2.75, 3.05) is 4.90 Å². The number of nitrogens with zero attached hydrogens (tertiary/aromatic N) is 1. The number of Topliss-reactive ketones (excluding diaryl/α,β-unsaturated/α-hetero) is 2. The number of hydrogen-bond acceptors (Lipinski definition) is 5. The predicted molar refractivity (Wildman–Crippen MR) is 128 cm³/mol. The molecule has 0 radical (unpaired) electrons. The van der Waals surface area contributed by atoms with Crippen LogP contribution in [0, 0.1) is 11.8 Å². The second-order valence-electron chi connectivity index (χ2n) is 9.63. The summed E-state index contributed by atoms with van der Waals surface area (Å²) in [5.41, 5.74) is -1.52. The highest BCUT2D eigenvalue weighted by Crippen LogP contribution is 2.57. The fraction of sp³-hybridized carbons (Fsp3) is 0.241. The Labute approximate surface area is 215 Å². The molecular weight excluding hydrogens is 499 g/mol. The van der Waals surface area contributed by atoms with Crippen LogP contribution < -0.4 is 4.90 Å². The summed E-state index contributed by atoms with van der Waals surface area (Å²) < 4.78 is 45.5. The van der Waals surface area contributed by atoms with E-state index in [4.69, 9.17) is 4.74 Å². The van der Waals surface area contributed by atoms with Crippen molar-refractivity contribution in [2.45, 2.75) is 31.2 Å². The minimum Gasteiger partial charge on any atom is -0.349 e. The van der Waals surface area contributed by atoms with Crippen molar-refractivity contribution in [3.63, 3.8) is 0 Å². The van der Waals surface area contributed by atoms with Crippen LogP contribution in [0.15, 0.2) is 72.8 Å². The molecular formula is C29H20F3NO5. The summed E-state index contributed by atoms with van der Waals surface area (Å²) in [6, 6.07) is 16.9. The van der Waals surface area contributed by atoms with E-state index >= 15 is 0 Å². The quantitative estimate of drug-likeness (QED) is 0.361.